The summed E-state index contributed by atoms with van der Waals surface area (Å²) >= 11 is 0. The number of nitro groups is 1. The standard InChI is InChI=1S/C23H20FN5O3/c1-13-9-17(24)19(29(30)31)10-18(13)26-23-25-11-20(32-2)21(27-23)16-12-28-8-4-6-14-5-3-7-15(16)22(14)28/h3,5,7,9-12H,4,6,8H2,1-2H3,(H,25,26,27). The highest BCUT2D eigenvalue weighted by atomic mass is 19.1. The van der Waals surface area contributed by atoms with E-state index in [1.807, 2.05) is 6.07 Å². The molecule has 9 heteroatoms. The summed E-state index contributed by atoms with van der Waals surface area (Å²) in [5, 5.41) is 15.2. The fraction of sp³-hybridized carbons (Fsp3) is 0.217. The topological polar surface area (TPSA) is 95.1 Å². The Hall–Kier alpha value is -4.01. The molecule has 32 heavy (non-hydrogen) atoms. The third kappa shape index (κ3) is 3.22. The molecule has 5 rings (SSSR count). The van der Waals surface area contributed by atoms with Crippen LogP contribution in [0.4, 0.5) is 21.7 Å². The molecule has 0 unspecified atom stereocenters. The Balaban J connectivity index is 1.62. The molecule has 1 N–H and O–H groups in total. The van der Waals surface area contributed by atoms with E-state index in [0.717, 1.165) is 42.5 Å². The van der Waals surface area contributed by atoms with Crippen molar-refractivity contribution in [1.82, 2.24) is 14.5 Å². The third-order valence-electron chi connectivity index (χ3n) is 5.79. The van der Waals surface area contributed by atoms with Gasteiger partial charge in [0, 0.05) is 29.8 Å². The molecule has 0 saturated carbocycles. The summed E-state index contributed by atoms with van der Waals surface area (Å²) in [7, 11) is 1.56. The fourth-order valence-electron chi connectivity index (χ4n) is 4.27. The van der Waals surface area contributed by atoms with Crippen LogP contribution < -0.4 is 10.1 Å². The molecular formula is C23H20FN5O3. The van der Waals surface area contributed by atoms with Gasteiger partial charge in [0.2, 0.25) is 11.8 Å². The number of aryl methyl sites for hydroxylation is 3. The Morgan fingerprint density at radius 1 is 1.31 bits per heavy atom. The van der Waals surface area contributed by atoms with Crippen molar-refractivity contribution in [3.05, 3.63) is 69.8 Å². The number of hydrogen-bond donors (Lipinski definition) is 1. The van der Waals surface area contributed by atoms with Crippen molar-refractivity contribution < 1.29 is 14.1 Å². The summed E-state index contributed by atoms with van der Waals surface area (Å²) in [6, 6.07) is 8.53. The van der Waals surface area contributed by atoms with Crippen LogP contribution >= 0.6 is 0 Å². The number of halogens is 1. The van der Waals surface area contributed by atoms with Crippen molar-refractivity contribution in [3.63, 3.8) is 0 Å². The highest BCUT2D eigenvalue weighted by Crippen LogP contribution is 2.38. The first kappa shape index (κ1) is 19.9. The molecule has 8 nitrogen and oxygen atoms in total. The molecular weight excluding hydrogens is 413 g/mol. The van der Waals surface area contributed by atoms with Gasteiger partial charge in [-0.15, -0.1) is 0 Å². The number of hydrogen-bond acceptors (Lipinski definition) is 6. The second-order valence-corrected chi connectivity index (χ2v) is 7.76. The number of benzene rings is 2. The van der Waals surface area contributed by atoms with E-state index in [9.17, 15) is 14.5 Å². The molecule has 4 aromatic rings. The summed E-state index contributed by atoms with van der Waals surface area (Å²) in [5.74, 6) is -0.138. The predicted molar refractivity (Wildman–Crippen MR) is 119 cm³/mol. The van der Waals surface area contributed by atoms with Gasteiger partial charge >= 0.3 is 5.69 Å². The van der Waals surface area contributed by atoms with Gasteiger partial charge in [-0.1, -0.05) is 18.2 Å². The number of para-hydroxylation sites is 1. The number of methoxy groups -OCH3 is 1. The Morgan fingerprint density at radius 3 is 2.94 bits per heavy atom. The van der Waals surface area contributed by atoms with E-state index >= 15 is 0 Å². The summed E-state index contributed by atoms with van der Waals surface area (Å²) in [5.41, 5.74) is 4.29. The molecule has 0 radical (unpaired) electrons. The molecule has 162 valence electrons. The van der Waals surface area contributed by atoms with Crippen LogP contribution in [0.25, 0.3) is 22.2 Å². The van der Waals surface area contributed by atoms with Crippen LogP contribution in [0.2, 0.25) is 0 Å². The highest BCUT2D eigenvalue weighted by Gasteiger charge is 2.21. The Kier molecular flexibility index (Phi) is 4.73. The molecule has 0 fully saturated rings. The van der Waals surface area contributed by atoms with Gasteiger partial charge in [-0.05, 0) is 37.0 Å². The van der Waals surface area contributed by atoms with Gasteiger partial charge in [-0.2, -0.15) is 4.39 Å². The molecule has 1 aliphatic heterocycles. The molecule has 0 spiro atoms. The summed E-state index contributed by atoms with van der Waals surface area (Å²) < 4.78 is 21.7. The van der Waals surface area contributed by atoms with Crippen molar-refractivity contribution in [2.75, 3.05) is 12.4 Å². The lowest BCUT2D eigenvalue weighted by molar-refractivity contribution is -0.387. The molecule has 0 aliphatic carbocycles. The van der Waals surface area contributed by atoms with Crippen molar-refractivity contribution in [2.45, 2.75) is 26.3 Å². The average molecular weight is 433 g/mol. The number of anilines is 2. The fourth-order valence-corrected chi connectivity index (χ4v) is 4.27. The maximum Gasteiger partial charge on any atom is 0.306 e. The maximum absolute atomic E-state index is 13.9. The summed E-state index contributed by atoms with van der Waals surface area (Å²) in [6.45, 7) is 2.59. The van der Waals surface area contributed by atoms with Crippen molar-refractivity contribution in [1.29, 1.82) is 0 Å². The second-order valence-electron chi connectivity index (χ2n) is 7.76. The van der Waals surface area contributed by atoms with Gasteiger partial charge in [-0.25, -0.2) is 9.97 Å². The van der Waals surface area contributed by atoms with Crippen LogP contribution in [-0.2, 0) is 13.0 Å². The molecule has 2 aromatic heterocycles. The minimum Gasteiger partial charge on any atom is -0.493 e. The molecule has 0 atom stereocenters. The lowest BCUT2D eigenvalue weighted by Gasteiger charge is -2.14. The van der Waals surface area contributed by atoms with E-state index in [2.05, 4.69) is 38.2 Å². The lowest BCUT2D eigenvalue weighted by atomic mass is 10.0. The number of nitrogens with one attached hydrogen (secondary N) is 1. The smallest absolute Gasteiger partial charge is 0.306 e. The zero-order valence-corrected chi connectivity index (χ0v) is 17.6. The monoisotopic (exact) mass is 433 g/mol. The number of rotatable bonds is 5. The number of nitrogens with zero attached hydrogens (tertiary/aromatic N) is 4. The quantitative estimate of drug-likeness (QED) is 0.345. The van der Waals surface area contributed by atoms with E-state index < -0.39 is 16.4 Å². The first-order valence-corrected chi connectivity index (χ1v) is 10.2. The molecule has 3 heterocycles. The van der Waals surface area contributed by atoms with E-state index in [1.165, 1.54) is 11.1 Å². The zero-order chi connectivity index (χ0) is 22.4. The third-order valence-corrected chi connectivity index (χ3v) is 5.79. The van der Waals surface area contributed by atoms with Gasteiger partial charge < -0.3 is 14.6 Å². The SMILES string of the molecule is COc1cnc(Nc2cc([N+](=O)[O-])c(F)cc2C)nc1-c1cn2c3c(cccc13)CCC2. The van der Waals surface area contributed by atoms with Crippen LogP contribution in [0.3, 0.4) is 0 Å². The minimum atomic E-state index is -0.886. The summed E-state index contributed by atoms with van der Waals surface area (Å²) in [6.07, 6.45) is 5.76. The normalized spacial score (nSPS) is 12.7. The average Bonchev–Trinajstić information content (AvgIpc) is 3.16. The van der Waals surface area contributed by atoms with Crippen LogP contribution in [0.5, 0.6) is 5.75 Å². The van der Waals surface area contributed by atoms with Gasteiger partial charge in [0.1, 0.15) is 5.69 Å². The second kappa shape index (κ2) is 7.60. The van der Waals surface area contributed by atoms with Crippen LogP contribution in [-0.4, -0.2) is 26.6 Å². The minimum absolute atomic E-state index is 0.233. The Morgan fingerprint density at radius 2 is 2.16 bits per heavy atom. The molecule has 0 bridgehead atoms. The Labute approximate surface area is 182 Å². The van der Waals surface area contributed by atoms with Crippen LogP contribution in [0.15, 0.2) is 42.7 Å². The summed E-state index contributed by atoms with van der Waals surface area (Å²) in [4.78, 5) is 19.3. The largest absolute Gasteiger partial charge is 0.493 e. The molecule has 1 aliphatic rings. The number of aromatic nitrogens is 3. The highest BCUT2D eigenvalue weighted by molar-refractivity contribution is 5.98. The van der Waals surface area contributed by atoms with Gasteiger partial charge in [0.25, 0.3) is 0 Å². The number of nitro benzene ring substituents is 1. The van der Waals surface area contributed by atoms with Crippen LogP contribution in [0, 0.1) is 22.9 Å². The van der Waals surface area contributed by atoms with Crippen LogP contribution in [0.1, 0.15) is 17.5 Å². The lowest BCUT2D eigenvalue weighted by Crippen LogP contribution is -2.05. The van der Waals surface area contributed by atoms with Crippen molar-refractivity contribution in [3.8, 4) is 17.0 Å². The number of ether oxygens (including phenoxy) is 1. The first-order valence-electron chi connectivity index (χ1n) is 10.2. The van der Waals surface area contributed by atoms with Crippen molar-refractivity contribution >= 4 is 28.2 Å². The molecule has 0 saturated heterocycles. The Bertz CT molecular complexity index is 1380. The molecule has 0 amide bonds. The predicted octanol–water partition coefficient (Wildman–Crippen LogP) is 5.15. The van der Waals surface area contributed by atoms with Crippen molar-refractivity contribution in [2.24, 2.45) is 0 Å². The van der Waals surface area contributed by atoms with E-state index in [-0.39, 0.29) is 5.95 Å². The van der Waals surface area contributed by atoms with E-state index in [4.69, 9.17) is 4.74 Å². The first-order chi connectivity index (χ1) is 15.5. The van der Waals surface area contributed by atoms with E-state index in [1.54, 1.807) is 20.2 Å². The van der Waals surface area contributed by atoms with Gasteiger partial charge in [-0.3, -0.25) is 10.1 Å². The van der Waals surface area contributed by atoms with Gasteiger partial charge in [0.05, 0.1) is 29.4 Å². The van der Waals surface area contributed by atoms with Gasteiger partial charge in [0.15, 0.2) is 5.75 Å². The van der Waals surface area contributed by atoms with E-state index in [0.29, 0.717) is 22.7 Å². The zero-order valence-electron chi connectivity index (χ0n) is 17.6. The molecule has 2 aromatic carbocycles. The maximum atomic E-state index is 13.9.